The maximum atomic E-state index is 5.88. The average Bonchev–Trinajstić information content (AvgIpc) is 3.07. The number of aromatic nitrogens is 3. The SMILES string of the molecule is CC(C)(C)c1ccn(-c2cccc(OCCc3ccncc3)c2)n1. The predicted octanol–water partition coefficient (Wildman–Crippen LogP) is 4.19. The summed E-state index contributed by atoms with van der Waals surface area (Å²) in [5.74, 6) is 0.856. The lowest BCUT2D eigenvalue weighted by molar-refractivity contribution is 0.322. The molecule has 0 fully saturated rings. The molecule has 0 spiro atoms. The quantitative estimate of drug-likeness (QED) is 0.707. The van der Waals surface area contributed by atoms with Gasteiger partial charge in [0, 0.05) is 36.5 Å². The monoisotopic (exact) mass is 321 g/mol. The summed E-state index contributed by atoms with van der Waals surface area (Å²) in [5.41, 5.74) is 3.35. The van der Waals surface area contributed by atoms with Gasteiger partial charge in [-0.25, -0.2) is 4.68 Å². The van der Waals surface area contributed by atoms with Crippen molar-refractivity contribution >= 4 is 0 Å². The normalized spacial score (nSPS) is 11.5. The van der Waals surface area contributed by atoms with Crippen molar-refractivity contribution < 1.29 is 4.74 Å². The molecule has 4 heteroatoms. The Morgan fingerprint density at radius 1 is 1.04 bits per heavy atom. The second kappa shape index (κ2) is 6.87. The Morgan fingerprint density at radius 3 is 2.54 bits per heavy atom. The zero-order valence-corrected chi connectivity index (χ0v) is 14.4. The van der Waals surface area contributed by atoms with Crippen molar-refractivity contribution in [3.8, 4) is 11.4 Å². The first-order chi connectivity index (χ1) is 11.5. The second-order valence-corrected chi connectivity index (χ2v) is 6.85. The number of nitrogens with zero attached hydrogens (tertiary/aromatic N) is 3. The topological polar surface area (TPSA) is 39.9 Å². The van der Waals surface area contributed by atoms with E-state index in [4.69, 9.17) is 4.74 Å². The van der Waals surface area contributed by atoms with Gasteiger partial charge in [-0.15, -0.1) is 0 Å². The molecule has 0 atom stereocenters. The van der Waals surface area contributed by atoms with Gasteiger partial charge < -0.3 is 4.74 Å². The van der Waals surface area contributed by atoms with Crippen LogP contribution in [-0.4, -0.2) is 21.4 Å². The summed E-state index contributed by atoms with van der Waals surface area (Å²) in [4.78, 5) is 4.03. The largest absolute Gasteiger partial charge is 0.493 e. The van der Waals surface area contributed by atoms with Crippen LogP contribution in [0.3, 0.4) is 0 Å². The van der Waals surface area contributed by atoms with Gasteiger partial charge in [-0.05, 0) is 35.9 Å². The molecule has 2 aromatic heterocycles. The second-order valence-electron chi connectivity index (χ2n) is 6.85. The fourth-order valence-corrected chi connectivity index (χ4v) is 2.42. The molecule has 0 unspecified atom stereocenters. The molecule has 4 nitrogen and oxygen atoms in total. The molecular formula is C20H23N3O. The third-order valence-corrected chi connectivity index (χ3v) is 3.85. The van der Waals surface area contributed by atoms with Gasteiger partial charge >= 0.3 is 0 Å². The molecule has 0 N–H and O–H groups in total. The van der Waals surface area contributed by atoms with Crippen LogP contribution in [0.2, 0.25) is 0 Å². The van der Waals surface area contributed by atoms with Crippen molar-refractivity contribution in [1.82, 2.24) is 14.8 Å². The molecule has 0 bridgehead atoms. The minimum absolute atomic E-state index is 0.0455. The highest BCUT2D eigenvalue weighted by atomic mass is 16.5. The molecule has 0 radical (unpaired) electrons. The van der Waals surface area contributed by atoms with Crippen LogP contribution in [0.4, 0.5) is 0 Å². The lowest BCUT2D eigenvalue weighted by Crippen LogP contribution is -2.12. The van der Waals surface area contributed by atoms with E-state index < -0.39 is 0 Å². The van der Waals surface area contributed by atoms with Crippen molar-refractivity contribution in [2.24, 2.45) is 0 Å². The summed E-state index contributed by atoms with van der Waals surface area (Å²) in [6.45, 7) is 7.13. The van der Waals surface area contributed by atoms with Crippen LogP contribution in [0.1, 0.15) is 32.0 Å². The smallest absolute Gasteiger partial charge is 0.121 e. The average molecular weight is 321 g/mol. The first kappa shape index (κ1) is 16.2. The standard InChI is InChI=1S/C20H23N3O/c1-20(2,3)19-9-13-23(22-19)17-5-4-6-18(15-17)24-14-10-16-7-11-21-12-8-16/h4-9,11-13,15H,10,14H2,1-3H3. The molecule has 0 saturated heterocycles. The summed E-state index contributed by atoms with van der Waals surface area (Å²) in [7, 11) is 0. The Kier molecular flexibility index (Phi) is 4.65. The third-order valence-electron chi connectivity index (χ3n) is 3.85. The first-order valence-corrected chi connectivity index (χ1v) is 8.21. The number of rotatable bonds is 5. The highest BCUT2D eigenvalue weighted by Gasteiger charge is 2.17. The Hall–Kier alpha value is -2.62. The zero-order valence-electron chi connectivity index (χ0n) is 14.4. The molecule has 0 aliphatic heterocycles. The fourth-order valence-electron chi connectivity index (χ4n) is 2.42. The van der Waals surface area contributed by atoms with Gasteiger partial charge in [-0.3, -0.25) is 4.98 Å². The first-order valence-electron chi connectivity index (χ1n) is 8.21. The molecule has 0 aliphatic rings. The maximum absolute atomic E-state index is 5.88. The molecular weight excluding hydrogens is 298 g/mol. The molecule has 24 heavy (non-hydrogen) atoms. The van der Waals surface area contributed by atoms with Crippen LogP contribution in [0.25, 0.3) is 5.69 Å². The Bertz CT molecular complexity index is 788. The number of hydrogen-bond acceptors (Lipinski definition) is 3. The van der Waals surface area contributed by atoms with Crippen molar-refractivity contribution in [1.29, 1.82) is 0 Å². The zero-order chi connectivity index (χ0) is 17.0. The van der Waals surface area contributed by atoms with E-state index >= 15 is 0 Å². The van der Waals surface area contributed by atoms with E-state index in [9.17, 15) is 0 Å². The van der Waals surface area contributed by atoms with E-state index in [0.717, 1.165) is 23.6 Å². The van der Waals surface area contributed by atoms with Crippen molar-refractivity contribution in [3.05, 3.63) is 72.3 Å². The van der Waals surface area contributed by atoms with Crippen LogP contribution >= 0.6 is 0 Å². The van der Waals surface area contributed by atoms with Crippen LogP contribution in [0, 0.1) is 0 Å². The molecule has 124 valence electrons. The minimum Gasteiger partial charge on any atom is -0.493 e. The lowest BCUT2D eigenvalue weighted by atomic mass is 9.93. The van der Waals surface area contributed by atoms with Crippen molar-refractivity contribution in [3.63, 3.8) is 0 Å². The summed E-state index contributed by atoms with van der Waals surface area (Å²) < 4.78 is 7.78. The molecule has 0 saturated carbocycles. The predicted molar refractivity (Wildman–Crippen MR) is 95.7 cm³/mol. The number of benzene rings is 1. The molecule has 3 aromatic rings. The van der Waals surface area contributed by atoms with Gasteiger partial charge in [0.1, 0.15) is 5.75 Å². The molecule has 2 heterocycles. The van der Waals surface area contributed by atoms with Gasteiger partial charge in [0.05, 0.1) is 18.0 Å². The summed E-state index contributed by atoms with van der Waals surface area (Å²) in [6.07, 6.45) is 6.47. The van der Waals surface area contributed by atoms with E-state index in [1.54, 1.807) is 12.4 Å². The van der Waals surface area contributed by atoms with E-state index in [1.165, 1.54) is 5.56 Å². The number of ether oxygens (including phenoxy) is 1. The van der Waals surface area contributed by atoms with E-state index in [2.05, 4.69) is 36.9 Å². The van der Waals surface area contributed by atoms with E-state index in [0.29, 0.717) is 6.61 Å². The summed E-state index contributed by atoms with van der Waals surface area (Å²) >= 11 is 0. The highest BCUT2D eigenvalue weighted by Crippen LogP contribution is 2.22. The molecule has 1 aromatic carbocycles. The van der Waals surface area contributed by atoms with E-state index in [-0.39, 0.29) is 5.41 Å². The fraction of sp³-hybridized carbons (Fsp3) is 0.300. The van der Waals surface area contributed by atoms with Crippen LogP contribution in [0.5, 0.6) is 5.75 Å². The molecule has 0 amide bonds. The molecule has 0 aliphatic carbocycles. The van der Waals surface area contributed by atoms with Gasteiger partial charge in [-0.1, -0.05) is 26.8 Å². The minimum atomic E-state index is 0.0455. The Morgan fingerprint density at radius 2 is 1.83 bits per heavy atom. The van der Waals surface area contributed by atoms with Gasteiger partial charge in [0.25, 0.3) is 0 Å². The van der Waals surface area contributed by atoms with Gasteiger partial charge in [0.2, 0.25) is 0 Å². The number of hydrogen-bond donors (Lipinski definition) is 0. The van der Waals surface area contributed by atoms with Crippen molar-refractivity contribution in [2.45, 2.75) is 32.6 Å². The Labute approximate surface area is 143 Å². The van der Waals surface area contributed by atoms with Crippen molar-refractivity contribution in [2.75, 3.05) is 6.61 Å². The van der Waals surface area contributed by atoms with Crippen LogP contribution < -0.4 is 4.74 Å². The number of pyridine rings is 1. The third kappa shape index (κ3) is 4.02. The van der Waals surface area contributed by atoms with E-state index in [1.807, 2.05) is 47.3 Å². The maximum Gasteiger partial charge on any atom is 0.121 e. The van der Waals surface area contributed by atoms with Gasteiger partial charge in [-0.2, -0.15) is 5.10 Å². The summed E-state index contributed by atoms with van der Waals surface area (Å²) in [6, 6.07) is 14.1. The highest BCUT2D eigenvalue weighted by molar-refractivity contribution is 5.39. The van der Waals surface area contributed by atoms with Crippen LogP contribution in [-0.2, 0) is 11.8 Å². The Balaban J connectivity index is 1.67. The van der Waals surface area contributed by atoms with Gasteiger partial charge in [0.15, 0.2) is 0 Å². The molecule has 3 rings (SSSR count). The lowest BCUT2D eigenvalue weighted by Gasteiger charge is -2.14. The summed E-state index contributed by atoms with van der Waals surface area (Å²) in [5, 5.41) is 4.67. The van der Waals surface area contributed by atoms with Crippen LogP contribution in [0.15, 0.2) is 61.1 Å².